The Morgan fingerprint density at radius 1 is 1.36 bits per heavy atom. The van der Waals surface area contributed by atoms with Crippen LogP contribution in [0.4, 0.5) is 4.39 Å². The molecule has 0 aliphatic heterocycles. The monoisotopic (exact) mass is 341 g/mol. The molecule has 0 atom stereocenters. The van der Waals surface area contributed by atoms with E-state index in [4.69, 9.17) is 11.6 Å². The van der Waals surface area contributed by atoms with Gasteiger partial charge in [0, 0.05) is 5.41 Å². The van der Waals surface area contributed by atoms with E-state index in [1.165, 1.54) is 17.4 Å². The van der Waals surface area contributed by atoms with Crippen molar-refractivity contribution in [1.82, 2.24) is 15.5 Å². The summed E-state index contributed by atoms with van der Waals surface area (Å²) >= 11 is 7.25. The van der Waals surface area contributed by atoms with Gasteiger partial charge in [0.1, 0.15) is 10.0 Å². The molecule has 1 amide bonds. The van der Waals surface area contributed by atoms with E-state index in [2.05, 4.69) is 15.5 Å². The number of aryl methyl sites for hydroxylation is 1. The molecule has 0 aliphatic rings. The van der Waals surface area contributed by atoms with Gasteiger partial charge in [0.25, 0.3) is 5.91 Å². The first-order chi connectivity index (χ1) is 10.2. The third-order valence-corrected chi connectivity index (χ3v) is 4.84. The Balaban J connectivity index is 2.08. The van der Waals surface area contributed by atoms with E-state index in [1.54, 1.807) is 13.0 Å². The largest absolute Gasteiger partial charge is 0.345 e. The summed E-state index contributed by atoms with van der Waals surface area (Å²) in [7, 11) is 0. The Hall–Kier alpha value is -1.53. The predicted molar refractivity (Wildman–Crippen MR) is 85.9 cm³/mol. The van der Waals surface area contributed by atoms with Crippen LogP contribution >= 0.6 is 22.9 Å². The molecule has 1 N–H and O–H groups in total. The molecule has 118 valence electrons. The maximum atomic E-state index is 14.0. The molecule has 0 saturated heterocycles. The van der Waals surface area contributed by atoms with E-state index in [9.17, 15) is 9.18 Å². The molecule has 1 aromatic carbocycles. The molecule has 0 bridgehead atoms. The lowest BCUT2D eigenvalue weighted by Crippen LogP contribution is -2.24. The van der Waals surface area contributed by atoms with Crippen LogP contribution in [0.1, 0.15) is 46.7 Å². The van der Waals surface area contributed by atoms with Crippen LogP contribution in [0.25, 0.3) is 0 Å². The number of hydrogen-bond donors (Lipinski definition) is 1. The zero-order valence-corrected chi connectivity index (χ0v) is 14.4. The number of hydrogen-bond acceptors (Lipinski definition) is 4. The Bertz CT molecular complexity index is 709. The standard InChI is InChI=1S/C15H17ClFN3OS/c1-8-5-6-9(12(17)11(8)16)13(21)18-7-10-19-20-14(22-10)15(2,3)4/h5-6H,7H2,1-4H3,(H,18,21). The van der Waals surface area contributed by atoms with E-state index in [1.807, 2.05) is 20.8 Å². The molecular weight excluding hydrogens is 325 g/mol. The van der Waals surface area contributed by atoms with Crippen molar-refractivity contribution >= 4 is 28.8 Å². The number of nitrogens with zero attached hydrogens (tertiary/aromatic N) is 2. The number of halogens is 2. The second kappa shape index (κ2) is 6.30. The van der Waals surface area contributed by atoms with Gasteiger partial charge in [-0.3, -0.25) is 4.79 Å². The Labute approximate surface area is 137 Å². The quantitative estimate of drug-likeness (QED) is 0.922. The van der Waals surface area contributed by atoms with Crippen LogP contribution in [0.15, 0.2) is 12.1 Å². The third kappa shape index (κ3) is 3.62. The van der Waals surface area contributed by atoms with E-state index in [0.717, 1.165) is 5.01 Å². The van der Waals surface area contributed by atoms with Crippen molar-refractivity contribution in [3.05, 3.63) is 44.1 Å². The van der Waals surface area contributed by atoms with Gasteiger partial charge in [-0.05, 0) is 18.6 Å². The third-order valence-electron chi connectivity index (χ3n) is 3.03. The smallest absolute Gasteiger partial charge is 0.254 e. The van der Waals surface area contributed by atoms with Crippen LogP contribution in [0.2, 0.25) is 5.02 Å². The van der Waals surface area contributed by atoms with Gasteiger partial charge in [-0.1, -0.05) is 49.8 Å². The van der Waals surface area contributed by atoms with Gasteiger partial charge in [0.15, 0.2) is 5.82 Å². The number of carbonyl (C=O) groups is 1. The summed E-state index contributed by atoms with van der Waals surface area (Å²) in [6.07, 6.45) is 0. The Morgan fingerprint density at radius 2 is 2.05 bits per heavy atom. The SMILES string of the molecule is Cc1ccc(C(=O)NCc2nnc(C(C)(C)C)s2)c(F)c1Cl. The lowest BCUT2D eigenvalue weighted by Gasteiger charge is -2.12. The summed E-state index contributed by atoms with van der Waals surface area (Å²) in [6.45, 7) is 8.01. The molecule has 4 nitrogen and oxygen atoms in total. The molecule has 0 saturated carbocycles. The van der Waals surface area contributed by atoms with Crippen molar-refractivity contribution < 1.29 is 9.18 Å². The van der Waals surface area contributed by atoms with Crippen LogP contribution in [0.5, 0.6) is 0 Å². The minimum absolute atomic E-state index is 0.0291. The summed E-state index contributed by atoms with van der Waals surface area (Å²) < 4.78 is 14.0. The molecule has 0 unspecified atom stereocenters. The molecule has 1 heterocycles. The maximum absolute atomic E-state index is 14.0. The predicted octanol–water partition coefficient (Wildman–Crippen LogP) is 3.87. The molecule has 0 fully saturated rings. The van der Waals surface area contributed by atoms with Crippen LogP contribution in [-0.4, -0.2) is 16.1 Å². The highest BCUT2D eigenvalue weighted by atomic mass is 35.5. The molecular formula is C15H17ClFN3OS. The van der Waals surface area contributed by atoms with E-state index in [-0.39, 0.29) is 22.5 Å². The summed E-state index contributed by atoms with van der Waals surface area (Å²) in [6, 6.07) is 3.04. The fourth-order valence-corrected chi connectivity index (χ4v) is 2.70. The fraction of sp³-hybridized carbons (Fsp3) is 0.400. The van der Waals surface area contributed by atoms with E-state index in [0.29, 0.717) is 10.6 Å². The average Bonchev–Trinajstić information content (AvgIpc) is 2.91. The molecule has 2 rings (SSSR count). The van der Waals surface area contributed by atoms with E-state index >= 15 is 0 Å². The summed E-state index contributed by atoms with van der Waals surface area (Å²) in [5.74, 6) is -1.22. The van der Waals surface area contributed by atoms with Crippen molar-refractivity contribution in [1.29, 1.82) is 0 Å². The minimum atomic E-state index is -0.702. The lowest BCUT2D eigenvalue weighted by molar-refractivity contribution is 0.0947. The van der Waals surface area contributed by atoms with Gasteiger partial charge in [0.05, 0.1) is 17.1 Å². The summed E-state index contributed by atoms with van der Waals surface area (Å²) in [5, 5.41) is 12.3. The number of nitrogens with one attached hydrogen (secondary N) is 1. The second-order valence-electron chi connectivity index (χ2n) is 5.99. The second-order valence-corrected chi connectivity index (χ2v) is 7.43. The molecule has 2 aromatic rings. The first-order valence-corrected chi connectivity index (χ1v) is 7.95. The van der Waals surface area contributed by atoms with Gasteiger partial charge < -0.3 is 5.32 Å². The van der Waals surface area contributed by atoms with Gasteiger partial charge in [-0.25, -0.2) is 4.39 Å². The van der Waals surface area contributed by atoms with Crippen LogP contribution in [0.3, 0.4) is 0 Å². The van der Waals surface area contributed by atoms with Crippen LogP contribution in [0, 0.1) is 12.7 Å². The Morgan fingerprint density at radius 3 is 2.64 bits per heavy atom. The number of rotatable bonds is 3. The van der Waals surface area contributed by atoms with Crippen molar-refractivity contribution in [2.75, 3.05) is 0 Å². The molecule has 0 spiro atoms. The van der Waals surface area contributed by atoms with Crippen molar-refractivity contribution in [3.63, 3.8) is 0 Å². The molecule has 0 radical (unpaired) electrons. The minimum Gasteiger partial charge on any atom is -0.345 e. The van der Waals surface area contributed by atoms with Crippen molar-refractivity contribution in [3.8, 4) is 0 Å². The first-order valence-electron chi connectivity index (χ1n) is 6.76. The lowest BCUT2D eigenvalue weighted by atomic mass is 9.98. The van der Waals surface area contributed by atoms with Gasteiger partial charge in [-0.2, -0.15) is 0 Å². The number of carbonyl (C=O) groups excluding carboxylic acids is 1. The van der Waals surface area contributed by atoms with Crippen molar-refractivity contribution in [2.45, 2.75) is 39.7 Å². The van der Waals surface area contributed by atoms with Gasteiger partial charge in [0.2, 0.25) is 0 Å². The number of amides is 1. The molecule has 1 aromatic heterocycles. The highest BCUT2D eigenvalue weighted by molar-refractivity contribution is 7.11. The summed E-state index contributed by atoms with van der Waals surface area (Å²) in [5.41, 5.74) is 0.432. The first kappa shape index (κ1) is 16.8. The highest BCUT2D eigenvalue weighted by Gasteiger charge is 2.20. The maximum Gasteiger partial charge on any atom is 0.254 e. The normalized spacial score (nSPS) is 11.5. The Kier molecular flexibility index (Phi) is 4.82. The zero-order valence-electron chi connectivity index (χ0n) is 12.8. The zero-order chi connectivity index (χ0) is 16.5. The molecule has 22 heavy (non-hydrogen) atoms. The highest BCUT2D eigenvalue weighted by Crippen LogP contribution is 2.25. The molecule has 0 aliphatic carbocycles. The fourth-order valence-electron chi connectivity index (χ4n) is 1.70. The van der Waals surface area contributed by atoms with E-state index < -0.39 is 11.7 Å². The summed E-state index contributed by atoms with van der Waals surface area (Å²) in [4.78, 5) is 12.1. The average molecular weight is 342 g/mol. The number of benzene rings is 1. The molecule has 7 heteroatoms. The van der Waals surface area contributed by atoms with Crippen LogP contribution in [-0.2, 0) is 12.0 Å². The number of aromatic nitrogens is 2. The van der Waals surface area contributed by atoms with Crippen molar-refractivity contribution in [2.24, 2.45) is 0 Å². The van der Waals surface area contributed by atoms with Gasteiger partial charge >= 0.3 is 0 Å². The van der Waals surface area contributed by atoms with Crippen LogP contribution < -0.4 is 5.32 Å². The van der Waals surface area contributed by atoms with Gasteiger partial charge in [-0.15, -0.1) is 10.2 Å². The topological polar surface area (TPSA) is 54.9 Å².